The highest BCUT2D eigenvalue weighted by Crippen LogP contribution is 2.11. The van der Waals surface area contributed by atoms with Gasteiger partial charge in [-0.3, -0.25) is 4.98 Å². The molecule has 3 rings (SSSR count). The van der Waals surface area contributed by atoms with Crippen LogP contribution in [0.1, 0.15) is 11.1 Å². The van der Waals surface area contributed by atoms with Crippen molar-refractivity contribution in [2.24, 2.45) is 0 Å². The zero-order valence-electron chi connectivity index (χ0n) is 11.1. The van der Waals surface area contributed by atoms with Gasteiger partial charge >= 0.3 is 0 Å². The number of aryl methyl sites for hydroxylation is 1. The summed E-state index contributed by atoms with van der Waals surface area (Å²) in [6.45, 7) is 2.55. The number of aromatic nitrogens is 7. The molecule has 3 aromatic rings. The monoisotopic (exact) mass is 302 g/mol. The van der Waals surface area contributed by atoms with Crippen LogP contribution in [0.5, 0.6) is 0 Å². The van der Waals surface area contributed by atoms with Gasteiger partial charge in [0.2, 0.25) is 11.2 Å². The van der Waals surface area contributed by atoms with Gasteiger partial charge in [-0.05, 0) is 35.7 Å². The van der Waals surface area contributed by atoms with Crippen LogP contribution in [0.4, 0.5) is 5.95 Å². The standard InChI is InChI=1S/C12H11ClN8/c1-8-4-14-3-2-9(8)5-16-11-18-10(13)19-12(20-11)21-7-15-6-17-21/h2-4,6-7H,5H2,1H3,(H,16,18,19,20). The van der Waals surface area contributed by atoms with Crippen LogP contribution < -0.4 is 5.32 Å². The van der Waals surface area contributed by atoms with Crippen molar-refractivity contribution in [3.05, 3.63) is 47.5 Å². The minimum absolute atomic E-state index is 0.0875. The summed E-state index contributed by atoms with van der Waals surface area (Å²) in [7, 11) is 0. The van der Waals surface area contributed by atoms with E-state index in [1.165, 1.54) is 17.3 Å². The second-order valence-electron chi connectivity index (χ2n) is 4.22. The van der Waals surface area contributed by atoms with Gasteiger partial charge in [0.25, 0.3) is 5.95 Å². The van der Waals surface area contributed by atoms with E-state index in [4.69, 9.17) is 11.6 Å². The van der Waals surface area contributed by atoms with Crippen molar-refractivity contribution < 1.29 is 0 Å². The molecule has 21 heavy (non-hydrogen) atoms. The molecule has 0 unspecified atom stereocenters. The van der Waals surface area contributed by atoms with Gasteiger partial charge in [-0.15, -0.1) is 0 Å². The maximum Gasteiger partial charge on any atom is 0.258 e. The molecule has 8 nitrogen and oxygen atoms in total. The second-order valence-corrected chi connectivity index (χ2v) is 4.56. The summed E-state index contributed by atoms with van der Waals surface area (Å²) in [5.74, 6) is 0.679. The van der Waals surface area contributed by atoms with Crippen molar-refractivity contribution in [2.75, 3.05) is 5.32 Å². The van der Waals surface area contributed by atoms with Crippen LogP contribution in [0.15, 0.2) is 31.1 Å². The lowest BCUT2D eigenvalue weighted by Gasteiger charge is -2.08. The summed E-state index contributed by atoms with van der Waals surface area (Å²) >= 11 is 5.91. The van der Waals surface area contributed by atoms with E-state index >= 15 is 0 Å². The molecule has 0 saturated heterocycles. The zero-order valence-corrected chi connectivity index (χ0v) is 11.9. The van der Waals surface area contributed by atoms with E-state index in [1.807, 2.05) is 13.0 Å². The van der Waals surface area contributed by atoms with Crippen molar-refractivity contribution in [1.29, 1.82) is 0 Å². The van der Waals surface area contributed by atoms with Crippen LogP contribution in [-0.4, -0.2) is 34.7 Å². The number of hydrogen-bond donors (Lipinski definition) is 1. The highest BCUT2D eigenvalue weighted by molar-refractivity contribution is 6.28. The first-order chi connectivity index (χ1) is 10.2. The Balaban J connectivity index is 1.81. The van der Waals surface area contributed by atoms with E-state index in [-0.39, 0.29) is 5.28 Å². The molecule has 0 aromatic carbocycles. The van der Waals surface area contributed by atoms with E-state index < -0.39 is 0 Å². The quantitative estimate of drug-likeness (QED) is 0.778. The van der Waals surface area contributed by atoms with Crippen molar-refractivity contribution in [1.82, 2.24) is 34.7 Å². The third kappa shape index (κ3) is 3.11. The van der Waals surface area contributed by atoms with Crippen molar-refractivity contribution in [2.45, 2.75) is 13.5 Å². The van der Waals surface area contributed by atoms with Crippen molar-refractivity contribution in [3.8, 4) is 5.95 Å². The third-order valence-corrected chi connectivity index (χ3v) is 2.96. The maximum atomic E-state index is 5.91. The molecule has 1 N–H and O–H groups in total. The first-order valence-corrected chi connectivity index (χ1v) is 6.50. The Morgan fingerprint density at radius 1 is 1.24 bits per heavy atom. The van der Waals surface area contributed by atoms with Crippen LogP contribution in [0, 0.1) is 6.92 Å². The molecule has 0 spiro atoms. The Morgan fingerprint density at radius 2 is 2.14 bits per heavy atom. The minimum atomic E-state index is 0.0875. The van der Waals surface area contributed by atoms with Gasteiger partial charge in [0.1, 0.15) is 12.7 Å². The number of pyridine rings is 1. The van der Waals surface area contributed by atoms with E-state index in [9.17, 15) is 0 Å². The van der Waals surface area contributed by atoms with Gasteiger partial charge in [0, 0.05) is 18.9 Å². The number of hydrogen-bond acceptors (Lipinski definition) is 7. The molecule has 0 atom stereocenters. The number of nitrogens with zero attached hydrogens (tertiary/aromatic N) is 7. The number of halogens is 1. The van der Waals surface area contributed by atoms with Crippen LogP contribution in [0.25, 0.3) is 5.95 Å². The Labute approximate surface area is 125 Å². The molecule has 0 saturated carbocycles. The Kier molecular flexibility index (Phi) is 3.69. The normalized spacial score (nSPS) is 10.6. The molecule has 0 aliphatic carbocycles. The fourth-order valence-electron chi connectivity index (χ4n) is 1.71. The van der Waals surface area contributed by atoms with Gasteiger partial charge < -0.3 is 5.32 Å². The molecule has 0 amide bonds. The van der Waals surface area contributed by atoms with Crippen molar-refractivity contribution >= 4 is 17.5 Å². The predicted molar refractivity (Wildman–Crippen MR) is 76.1 cm³/mol. The van der Waals surface area contributed by atoms with E-state index in [2.05, 4.69) is 35.3 Å². The molecular weight excluding hydrogens is 292 g/mol. The topological polar surface area (TPSA) is 94.3 Å². The summed E-state index contributed by atoms with van der Waals surface area (Å²) in [6.07, 6.45) is 6.43. The summed E-state index contributed by atoms with van der Waals surface area (Å²) < 4.78 is 1.41. The van der Waals surface area contributed by atoms with E-state index in [1.54, 1.807) is 12.4 Å². The summed E-state index contributed by atoms with van der Waals surface area (Å²) in [5.41, 5.74) is 2.19. The molecule has 0 bridgehead atoms. The number of nitrogens with one attached hydrogen (secondary N) is 1. The third-order valence-electron chi connectivity index (χ3n) is 2.79. The zero-order chi connectivity index (χ0) is 14.7. The average Bonchev–Trinajstić information content (AvgIpc) is 3.00. The summed E-state index contributed by atoms with van der Waals surface area (Å²) in [4.78, 5) is 20.2. The van der Waals surface area contributed by atoms with Crippen molar-refractivity contribution in [3.63, 3.8) is 0 Å². The van der Waals surface area contributed by atoms with E-state index in [0.717, 1.165) is 11.1 Å². The number of rotatable bonds is 4. The van der Waals surface area contributed by atoms with Crippen LogP contribution in [0.2, 0.25) is 5.28 Å². The lowest BCUT2D eigenvalue weighted by Crippen LogP contribution is -2.10. The predicted octanol–water partition coefficient (Wildman–Crippen LogP) is 1.42. The molecular formula is C12H11ClN8. The van der Waals surface area contributed by atoms with Gasteiger partial charge in [0.05, 0.1) is 0 Å². The highest BCUT2D eigenvalue weighted by Gasteiger charge is 2.07. The lowest BCUT2D eigenvalue weighted by molar-refractivity contribution is 0.793. The molecule has 0 radical (unpaired) electrons. The fraction of sp³-hybridized carbons (Fsp3) is 0.167. The molecule has 0 aliphatic heterocycles. The first-order valence-electron chi connectivity index (χ1n) is 6.12. The second kappa shape index (κ2) is 5.80. The van der Waals surface area contributed by atoms with Gasteiger partial charge in [-0.1, -0.05) is 0 Å². The summed E-state index contributed by atoms with van der Waals surface area (Å²) in [5, 5.41) is 7.16. The Hall–Kier alpha value is -2.61. The minimum Gasteiger partial charge on any atom is -0.350 e. The number of anilines is 1. The van der Waals surface area contributed by atoms with Crippen LogP contribution >= 0.6 is 11.6 Å². The van der Waals surface area contributed by atoms with Gasteiger partial charge in [-0.25, -0.2) is 4.98 Å². The fourth-order valence-corrected chi connectivity index (χ4v) is 1.86. The lowest BCUT2D eigenvalue weighted by atomic mass is 10.1. The molecule has 0 fully saturated rings. The Morgan fingerprint density at radius 3 is 2.90 bits per heavy atom. The van der Waals surface area contributed by atoms with Crippen LogP contribution in [0.3, 0.4) is 0 Å². The van der Waals surface area contributed by atoms with E-state index in [0.29, 0.717) is 18.4 Å². The maximum absolute atomic E-state index is 5.91. The molecule has 3 aromatic heterocycles. The molecule has 3 heterocycles. The largest absolute Gasteiger partial charge is 0.350 e. The Bertz CT molecular complexity index is 743. The molecule has 106 valence electrons. The highest BCUT2D eigenvalue weighted by atomic mass is 35.5. The van der Waals surface area contributed by atoms with Gasteiger partial charge in [0.15, 0.2) is 0 Å². The van der Waals surface area contributed by atoms with Gasteiger partial charge in [-0.2, -0.15) is 24.7 Å². The average molecular weight is 303 g/mol. The SMILES string of the molecule is Cc1cnccc1CNc1nc(Cl)nc(-n2cncn2)n1. The smallest absolute Gasteiger partial charge is 0.258 e. The molecule has 9 heteroatoms. The first kappa shape index (κ1) is 13.4. The van der Waals surface area contributed by atoms with Crippen LogP contribution in [-0.2, 0) is 6.54 Å². The summed E-state index contributed by atoms with van der Waals surface area (Å²) in [6, 6.07) is 1.93. The molecule has 0 aliphatic rings.